The van der Waals surface area contributed by atoms with Crippen molar-refractivity contribution in [2.75, 3.05) is 14.2 Å². The Labute approximate surface area is 115 Å². The molecular formula is C13H15N3O4. The summed E-state index contributed by atoms with van der Waals surface area (Å²) in [6.07, 6.45) is 1.33. The van der Waals surface area contributed by atoms with E-state index in [1.165, 1.54) is 14.2 Å². The van der Waals surface area contributed by atoms with Gasteiger partial charge in [0.2, 0.25) is 0 Å². The number of carbonyl (C=O) groups is 2. The lowest BCUT2D eigenvalue weighted by Crippen LogP contribution is -2.09. The summed E-state index contributed by atoms with van der Waals surface area (Å²) >= 11 is 0. The number of fused-ring (bicyclic) bond motifs is 1. The number of methoxy groups -OCH3 is 2. The maximum Gasteiger partial charge on any atom is 0.318 e. The number of ketones is 1. The Hall–Kier alpha value is -2.44. The predicted octanol–water partition coefficient (Wildman–Crippen LogP) is 1.03. The molecule has 0 spiro atoms. The molecule has 2 aromatic rings. The molecule has 2 aromatic heterocycles. The second-order valence-electron chi connectivity index (χ2n) is 4.32. The third kappa shape index (κ3) is 2.34. The average molecular weight is 277 g/mol. The smallest absolute Gasteiger partial charge is 0.318 e. The number of nitrogens with zero attached hydrogens (tertiary/aromatic N) is 3. The first-order chi connectivity index (χ1) is 9.47. The average Bonchev–Trinajstić information content (AvgIpc) is 2.76. The standard InChI is InChI=1S/C13H15N3O4/c1-7-11-8(9(17)5-10(18)19-3)6-16(2)12(11)15-13(14-7)20-4/h6H,5H2,1-4H3. The summed E-state index contributed by atoms with van der Waals surface area (Å²) in [6, 6.07) is 0.239. The molecule has 0 saturated heterocycles. The Morgan fingerprint density at radius 3 is 2.60 bits per heavy atom. The molecule has 0 aliphatic rings. The SMILES string of the molecule is COC(=O)CC(=O)c1cn(C)c2nc(OC)nc(C)c12. The van der Waals surface area contributed by atoms with Crippen LogP contribution in [-0.4, -0.2) is 40.5 Å². The van der Waals surface area contributed by atoms with Crippen LogP contribution < -0.4 is 4.74 Å². The van der Waals surface area contributed by atoms with Crippen molar-refractivity contribution in [3.8, 4) is 6.01 Å². The fraction of sp³-hybridized carbons (Fsp3) is 0.385. The number of carbonyl (C=O) groups excluding carboxylic acids is 2. The van der Waals surface area contributed by atoms with Crippen LogP contribution in [0.2, 0.25) is 0 Å². The molecule has 20 heavy (non-hydrogen) atoms. The Balaban J connectivity index is 2.55. The minimum atomic E-state index is -0.570. The van der Waals surface area contributed by atoms with Crippen LogP contribution in [0.4, 0.5) is 0 Å². The number of Topliss-reactive ketones (excluding diaryl/α,β-unsaturated/α-hetero) is 1. The Bertz CT molecular complexity index is 690. The molecule has 0 atom stereocenters. The second kappa shape index (κ2) is 5.28. The fourth-order valence-corrected chi connectivity index (χ4v) is 2.02. The van der Waals surface area contributed by atoms with Gasteiger partial charge < -0.3 is 14.0 Å². The Kier molecular flexibility index (Phi) is 3.69. The summed E-state index contributed by atoms with van der Waals surface area (Å²) < 4.78 is 11.2. The molecule has 0 fully saturated rings. The van der Waals surface area contributed by atoms with Gasteiger partial charge in [0.05, 0.1) is 25.3 Å². The molecule has 0 aliphatic carbocycles. The van der Waals surface area contributed by atoms with Gasteiger partial charge in [-0.25, -0.2) is 0 Å². The minimum Gasteiger partial charge on any atom is -0.469 e. The largest absolute Gasteiger partial charge is 0.469 e. The molecule has 7 heteroatoms. The summed E-state index contributed by atoms with van der Waals surface area (Å²) in [6.45, 7) is 1.77. The first-order valence-electron chi connectivity index (χ1n) is 5.95. The lowest BCUT2D eigenvalue weighted by molar-refractivity contribution is -0.139. The highest BCUT2D eigenvalue weighted by molar-refractivity contribution is 6.13. The molecule has 0 radical (unpaired) electrons. The van der Waals surface area contributed by atoms with E-state index in [-0.39, 0.29) is 18.2 Å². The predicted molar refractivity (Wildman–Crippen MR) is 70.8 cm³/mol. The van der Waals surface area contributed by atoms with E-state index in [0.717, 1.165) is 0 Å². The highest BCUT2D eigenvalue weighted by atomic mass is 16.5. The Morgan fingerprint density at radius 1 is 1.30 bits per heavy atom. The number of hydrogen-bond donors (Lipinski definition) is 0. The summed E-state index contributed by atoms with van der Waals surface area (Å²) in [4.78, 5) is 31.7. The topological polar surface area (TPSA) is 83.3 Å². The first-order valence-corrected chi connectivity index (χ1v) is 5.95. The maximum absolute atomic E-state index is 12.1. The summed E-state index contributed by atoms with van der Waals surface area (Å²) in [5.41, 5.74) is 1.62. The third-order valence-corrected chi connectivity index (χ3v) is 2.99. The fourth-order valence-electron chi connectivity index (χ4n) is 2.02. The van der Waals surface area contributed by atoms with E-state index in [1.807, 2.05) is 0 Å². The molecule has 7 nitrogen and oxygen atoms in total. The highest BCUT2D eigenvalue weighted by Gasteiger charge is 2.21. The second-order valence-corrected chi connectivity index (χ2v) is 4.32. The van der Waals surface area contributed by atoms with Crippen molar-refractivity contribution in [2.24, 2.45) is 7.05 Å². The number of esters is 1. The van der Waals surface area contributed by atoms with Gasteiger partial charge in [-0.05, 0) is 6.92 Å². The maximum atomic E-state index is 12.1. The molecule has 0 unspecified atom stereocenters. The van der Waals surface area contributed by atoms with E-state index >= 15 is 0 Å². The summed E-state index contributed by atoms with van der Waals surface area (Å²) in [5.74, 6) is -0.890. The lowest BCUT2D eigenvalue weighted by Gasteiger charge is -2.03. The molecule has 0 aliphatic heterocycles. The number of ether oxygens (including phenoxy) is 2. The van der Waals surface area contributed by atoms with Crippen LogP contribution in [0, 0.1) is 6.92 Å². The van der Waals surface area contributed by atoms with Crippen molar-refractivity contribution < 1.29 is 19.1 Å². The van der Waals surface area contributed by atoms with Gasteiger partial charge in [0.25, 0.3) is 0 Å². The van der Waals surface area contributed by atoms with Crippen LogP contribution in [0.1, 0.15) is 22.5 Å². The van der Waals surface area contributed by atoms with E-state index in [2.05, 4.69) is 14.7 Å². The van der Waals surface area contributed by atoms with Crippen molar-refractivity contribution in [1.29, 1.82) is 0 Å². The van der Waals surface area contributed by atoms with Crippen LogP contribution >= 0.6 is 0 Å². The monoisotopic (exact) mass is 277 g/mol. The van der Waals surface area contributed by atoms with Gasteiger partial charge in [-0.1, -0.05) is 0 Å². The number of aryl methyl sites for hydroxylation is 2. The van der Waals surface area contributed by atoms with Gasteiger partial charge in [-0.15, -0.1) is 0 Å². The highest BCUT2D eigenvalue weighted by Crippen LogP contribution is 2.24. The van der Waals surface area contributed by atoms with Crippen LogP contribution in [0.5, 0.6) is 6.01 Å². The van der Waals surface area contributed by atoms with Crippen molar-refractivity contribution >= 4 is 22.8 Å². The van der Waals surface area contributed by atoms with Gasteiger partial charge >= 0.3 is 12.0 Å². The van der Waals surface area contributed by atoms with Crippen molar-refractivity contribution in [2.45, 2.75) is 13.3 Å². The molecule has 0 saturated carbocycles. The molecule has 0 N–H and O–H groups in total. The van der Waals surface area contributed by atoms with Gasteiger partial charge in [-0.3, -0.25) is 9.59 Å². The van der Waals surface area contributed by atoms with Crippen molar-refractivity contribution in [1.82, 2.24) is 14.5 Å². The molecule has 0 bridgehead atoms. The van der Waals surface area contributed by atoms with E-state index in [4.69, 9.17) is 4.74 Å². The van der Waals surface area contributed by atoms with Crippen LogP contribution in [0.25, 0.3) is 11.0 Å². The van der Waals surface area contributed by atoms with Gasteiger partial charge in [-0.2, -0.15) is 9.97 Å². The van der Waals surface area contributed by atoms with Crippen LogP contribution in [0.15, 0.2) is 6.20 Å². The van der Waals surface area contributed by atoms with Gasteiger partial charge in [0.1, 0.15) is 12.1 Å². The molecule has 2 rings (SSSR count). The molecule has 106 valence electrons. The zero-order valence-electron chi connectivity index (χ0n) is 11.8. The molecule has 0 aromatic carbocycles. The normalized spacial score (nSPS) is 10.6. The van der Waals surface area contributed by atoms with E-state index in [1.54, 1.807) is 24.7 Å². The van der Waals surface area contributed by atoms with Gasteiger partial charge in [0, 0.05) is 18.8 Å². The number of rotatable bonds is 4. The van der Waals surface area contributed by atoms with Gasteiger partial charge in [0.15, 0.2) is 5.78 Å². The van der Waals surface area contributed by atoms with Crippen molar-refractivity contribution in [3.05, 3.63) is 17.5 Å². The summed E-state index contributed by atoms with van der Waals surface area (Å²) in [5, 5.41) is 0.627. The van der Waals surface area contributed by atoms with Crippen LogP contribution in [0.3, 0.4) is 0 Å². The molecule has 0 amide bonds. The zero-order chi connectivity index (χ0) is 14.9. The summed E-state index contributed by atoms with van der Waals surface area (Å²) in [7, 11) is 4.49. The number of aromatic nitrogens is 3. The molecule has 2 heterocycles. The molecular weight excluding hydrogens is 262 g/mol. The van der Waals surface area contributed by atoms with E-state index in [0.29, 0.717) is 22.3 Å². The van der Waals surface area contributed by atoms with Crippen LogP contribution in [-0.2, 0) is 16.6 Å². The zero-order valence-corrected chi connectivity index (χ0v) is 11.8. The first kappa shape index (κ1) is 14.0. The van der Waals surface area contributed by atoms with Crippen molar-refractivity contribution in [3.63, 3.8) is 0 Å². The third-order valence-electron chi connectivity index (χ3n) is 2.99. The lowest BCUT2D eigenvalue weighted by atomic mass is 10.1. The van der Waals surface area contributed by atoms with E-state index in [9.17, 15) is 9.59 Å². The Morgan fingerprint density at radius 2 is 2.00 bits per heavy atom. The minimum absolute atomic E-state index is 0.239. The number of hydrogen-bond acceptors (Lipinski definition) is 6. The quantitative estimate of drug-likeness (QED) is 0.471. The van der Waals surface area contributed by atoms with E-state index < -0.39 is 5.97 Å².